The minimum Gasteiger partial charge on any atom is -0.465 e. The monoisotopic (exact) mass is 285 g/mol. The van der Waals surface area contributed by atoms with Gasteiger partial charge in [-0.25, -0.2) is 13.2 Å². The van der Waals surface area contributed by atoms with Crippen molar-refractivity contribution >= 4 is 16.0 Å². The summed E-state index contributed by atoms with van der Waals surface area (Å²) in [5, 5.41) is 9.39. The molecule has 1 aliphatic rings. The maximum absolute atomic E-state index is 12.2. The Morgan fingerprint density at radius 1 is 1.37 bits per heavy atom. The zero-order valence-electron chi connectivity index (χ0n) is 10.4. The van der Waals surface area contributed by atoms with Gasteiger partial charge in [-0.05, 0) is 30.7 Å². The number of nitrogens with zero attached hydrogens (tertiary/aromatic N) is 1. The highest BCUT2D eigenvalue weighted by atomic mass is 32.2. The fourth-order valence-electron chi connectivity index (χ4n) is 1.96. The summed E-state index contributed by atoms with van der Waals surface area (Å²) in [7, 11) is -2.34. The van der Waals surface area contributed by atoms with E-state index in [0.29, 0.717) is 18.5 Å². The van der Waals surface area contributed by atoms with Crippen LogP contribution in [-0.2, 0) is 14.8 Å². The van der Waals surface area contributed by atoms with Crippen molar-refractivity contribution in [3.8, 4) is 0 Å². The van der Waals surface area contributed by atoms with E-state index >= 15 is 0 Å². The standard InChI is InChI=1S/C12H15NO5S/c1-18-12(15)9-2-4-11(5-3-9)19(16,17)13-7-6-10(14)8-13/h2-5,10,14H,6-8H2,1H3. The first-order valence-electron chi connectivity index (χ1n) is 5.82. The van der Waals surface area contributed by atoms with Crippen LogP contribution in [0.2, 0.25) is 0 Å². The number of sulfonamides is 1. The third kappa shape index (κ3) is 2.78. The number of β-amino-alcohol motifs (C(OH)–C–C–N with tert-alkyl or cyclic N) is 1. The lowest BCUT2D eigenvalue weighted by atomic mass is 10.2. The Hall–Kier alpha value is -1.44. The quantitative estimate of drug-likeness (QED) is 0.804. The molecule has 1 aromatic rings. The minimum absolute atomic E-state index is 0.106. The van der Waals surface area contributed by atoms with Crippen LogP contribution >= 0.6 is 0 Å². The topological polar surface area (TPSA) is 83.9 Å². The van der Waals surface area contributed by atoms with Gasteiger partial charge in [-0.2, -0.15) is 4.31 Å². The van der Waals surface area contributed by atoms with Gasteiger partial charge in [0.05, 0.1) is 23.7 Å². The Morgan fingerprint density at radius 2 is 2.00 bits per heavy atom. The van der Waals surface area contributed by atoms with E-state index < -0.39 is 22.1 Å². The summed E-state index contributed by atoms with van der Waals surface area (Å²) in [5.74, 6) is -0.513. The lowest BCUT2D eigenvalue weighted by molar-refractivity contribution is 0.0600. The van der Waals surface area contributed by atoms with Gasteiger partial charge in [-0.1, -0.05) is 0 Å². The Morgan fingerprint density at radius 3 is 2.47 bits per heavy atom. The molecule has 0 aliphatic carbocycles. The zero-order chi connectivity index (χ0) is 14.0. The molecule has 1 fully saturated rings. The fourth-order valence-corrected chi connectivity index (χ4v) is 3.45. The molecular formula is C12H15NO5S. The summed E-state index contributed by atoms with van der Waals surface area (Å²) in [6.07, 6.45) is -0.163. The molecule has 1 heterocycles. The first-order valence-corrected chi connectivity index (χ1v) is 7.26. The first kappa shape index (κ1) is 14.0. The molecule has 1 atom stereocenters. The molecule has 19 heavy (non-hydrogen) atoms. The highest BCUT2D eigenvalue weighted by molar-refractivity contribution is 7.89. The number of esters is 1. The molecule has 0 radical (unpaired) electrons. The number of rotatable bonds is 3. The van der Waals surface area contributed by atoms with Crippen molar-refractivity contribution in [3.05, 3.63) is 29.8 Å². The van der Waals surface area contributed by atoms with Gasteiger partial charge in [-0.3, -0.25) is 0 Å². The number of hydrogen-bond acceptors (Lipinski definition) is 5. The second-order valence-electron chi connectivity index (χ2n) is 4.32. The van der Waals surface area contributed by atoms with E-state index in [1.807, 2.05) is 0 Å². The fraction of sp³-hybridized carbons (Fsp3) is 0.417. The van der Waals surface area contributed by atoms with Crippen LogP contribution in [0, 0.1) is 0 Å². The molecule has 6 nitrogen and oxygen atoms in total. The molecule has 0 spiro atoms. The number of carbonyl (C=O) groups is 1. The van der Waals surface area contributed by atoms with Crippen LogP contribution in [-0.4, -0.2) is 50.1 Å². The summed E-state index contributed by atoms with van der Waals surface area (Å²) in [4.78, 5) is 11.4. The van der Waals surface area contributed by atoms with Crippen molar-refractivity contribution in [2.75, 3.05) is 20.2 Å². The molecule has 1 saturated heterocycles. The van der Waals surface area contributed by atoms with Crippen LogP contribution < -0.4 is 0 Å². The van der Waals surface area contributed by atoms with E-state index in [-0.39, 0.29) is 11.4 Å². The number of benzene rings is 1. The van der Waals surface area contributed by atoms with Gasteiger partial charge in [0.1, 0.15) is 0 Å². The maximum atomic E-state index is 12.2. The van der Waals surface area contributed by atoms with Gasteiger partial charge < -0.3 is 9.84 Å². The van der Waals surface area contributed by atoms with Crippen molar-refractivity contribution in [2.24, 2.45) is 0 Å². The van der Waals surface area contributed by atoms with E-state index in [2.05, 4.69) is 4.74 Å². The molecule has 0 saturated carbocycles. The number of carbonyl (C=O) groups excluding carboxylic acids is 1. The van der Waals surface area contributed by atoms with Gasteiger partial charge in [0.15, 0.2) is 0 Å². The molecule has 0 amide bonds. The van der Waals surface area contributed by atoms with Crippen LogP contribution in [0.15, 0.2) is 29.2 Å². The van der Waals surface area contributed by atoms with Crippen LogP contribution in [0.25, 0.3) is 0 Å². The average molecular weight is 285 g/mol. The Bertz CT molecular complexity index is 566. The van der Waals surface area contributed by atoms with Crippen molar-refractivity contribution in [3.63, 3.8) is 0 Å². The number of methoxy groups -OCH3 is 1. The maximum Gasteiger partial charge on any atom is 0.337 e. The molecule has 1 aliphatic heterocycles. The van der Waals surface area contributed by atoms with Crippen LogP contribution in [0.4, 0.5) is 0 Å². The SMILES string of the molecule is COC(=O)c1ccc(S(=O)(=O)N2CCC(O)C2)cc1. The van der Waals surface area contributed by atoms with Crippen LogP contribution in [0.1, 0.15) is 16.8 Å². The number of hydrogen-bond donors (Lipinski definition) is 1. The normalized spacial score (nSPS) is 20.4. The highest BCUT2D eigenvalue weighted by Crippen LogP contribution is 2.21. The lowest BCUT2D eigenvalue weighted by Gasteiger charge is -2.15. The molecule has 1 N–H and O–H groups in total. The van der Waals surface area contributed by atoms with E-state index in [1.54, 1.807) is 0 Å². The molecule has 0 bridgehead atoms. The number of aliphatic hydroxyl groups excluding tert-OH is 1. The third-order valence-electron chi connectivity index (χ3n) is 3.04. The summed E-state index contributed by atoms with van der Waals surface area (Å²) in [6.45, 7) is 0.420. The summed E-state index contributed by atoms with van der Waals surface area (Å²) < 4.78 is 30.2. The van der Waals surface area contributed by atoms with Gasteiger partial charge in [0.2, 0.25) is 10.0 Å². The van der Waals surface area contributed by atoms with Crippen molar-refractivity contribution in [2.45, 2.75) is 17.4 Å². The van der Waals surface area contributed by atoms with Gasteiger partial charge in [-0.15, -0.1) is 0 Å². The molecule has 1 unspecified atom stereocenters. The molecule has 0 aromatic heterocycles. The number of aliphatic hydroxyl groups is 1. The first-order chi connectivity index (χ1) is 8.95. The predicted molar refractivity (Wildman–Crippen MR) is 67.2 cm³/mol. The van der Waals surface area contributed by atoms with Crippen molar-refractivity contribution < 1.29 is 23.1 Å². The third-order valence-corrected chi connectivity index (χ3v) is 4.92. The van der Waals surface area contributed by atoms with E-state index in [1.165, 1.54) is 35.7 Å². The van der Waals surface area contributed by atoms with E-state index in [9.17, 15) is 18.3 Å². The molecule has 104 valence electrons. The Labute approximate surface area is 111 Å². The zero-order valence-corrected chi connectivity index (χ0v) is 11.3. The number of ether oxygens (including phenoxy) is 1. The van der Waals surface area contributed by atoms with Gasteiger partial charge in [0, 0.05) is 13.1 Å². The second kappa shape index (κ2) is 5.28. The molecular weight excluding hydrogens is 270 g/mol. The van der Waals surface area contributed by atoms with Crippen molar-refractivity contribution in [1.82, 2.24) is 4.31 Å². The minimum atomic E-state index is -3.60. The molecule has 2 rings (SSSR count). The highest BCUT2D eigenvalue weighted by Gasteiger charge is 2.31. The van der Waals surface area contributed by atoms with E-state index in [0.717, 1.165) is 0 Å². The predicted octanol–water partition coefficient (Wildman–Crippen LogP) is 0.228. The largest absolute Gasteiger partial charge is 0.465 e. The Balaban J connectivity index is 2.24. The van der Waals surface area contributed by atoms with Gasteiger partial charge >= 0.3 is 5.97 Å². The Kier molecular flexibility index (Phi) is 3.88. The summed E-state index contributed by atoms with van der Waals surface area (Å²) in [6, 6.07) is 5.55. The van der Waals surface area contributed by atoms with Gasteiger partial charge in [0.25, 0.3) is 0 Å². The molecule has 1 aromatic carbocycles. The average Bonchev–Trinajstić information content (AvgIpc) is 2.85. The summed E-state index contributed by atoms with van der Waals surface area (Å²) >= 11 is 0. The molecule has 7 heteroatoms. The summed E-state index contributed by atoms with van der Waals surface area (Å²) in [5.41, 5.74) is 0.294. The van der Waals surface area contributed by atoms with E-state index in [4.69, 9.17) is 0 Å². The second-order valence-corrected chi connectivity index (χ2v) is 6.26. The smallest absolute Gasteiger partial charge is 0.337 e. The van der Waals surface area contributed by atoms with Crippen molar-refractivity contribution in [1.29, 1.82) is 0 Å². The van der Waals surface area contributed by atoms with Crippen LogP contribution in [0.3, 0.4) is 0 Å². The van der Waals surface area contributed by atoms with Crippen LogP contribution in [0.5, 0.6) is 0 Å². The lowest BCUT2D eigenvalue weighted by Crippen LogP contribution is -2.29.